The predicted octanol–water partition coefficient (Wildman–Crippen LogP) is 6.42. The van der Waals surface area contributed by atoms with E-state index in [1.807, 2.05) is 32.9 Å². The van der Waals surface area contributed by atoms with E-state index in [1.165, 1.54) is 6.07 Å². The SMILES string of the molecule is CCC(c1ccc(C=CC(O)(C(F)(F)F)C(F)(F)F)c(C)c1)(c1ccc(OCC(O)CO)c(C)c1)C(C)I. The van der Waals surface area contributed by atoms with Crippen molar-refractivity contribution in [1.29, 1.82) is 0 Å². The van der Waals surface area contributed by atoms with E-state index in [4.69, 9.17) is 9.84 Å². The summed E-state index contributed by atoms with van der Waals surface area (Å²) < 4.78 is 84.0. The molecule has 0 aliphatic carbocycles. The van der Waals surface area contributed by atoms with Gasteiger partial charge in [-0.2, -0.15) is 26.3 Å². The van der Waals surface area contributed by atoms with Crippen molar-refractivity contribution in [3.63, 3.8) is 0 Å². The van der Waals surface area contributed by atoms with Crippen molar-refractivity contribution in [2.24, 2.45) is 0 Å². The second kappa shape index (κ2) is 12.1. The first kappa shape index (κ1) is 32.4. The van der Waals surface area contributed by atoms with E-state index < -0.39 is 36.1 Å². The smallest absolute Gasteiger partial charge is 0.430 e. The van der Waals surface area contributed by atoms with Crippen LogP contribution >= 0.6 is 22.6 Å². The Morgan fingerprint density at radius 1 is 0.947 bits per heavy atom. The van der Waals surface area contributed by atoms with Crippen molar-refractivity contribution >= 4 is 28.7 Å². The number of aliphatic hydroxyl groups is 3. The van der Waals surface area contributed by atoms with Gasteiger partial charge in [0.15, 0.2) is 0 Å². The minimum absolute atomic E-state index is 0.0221. The van der Waals surface area contributed by atoms with Crippen LogP contribution in [0.2, 0.25) is 0 Å². The van der Waals surface area contributed by atoms with Gasteiger partial charge in [-0.25, -0.2) is 0 Å². The Morgan fingerprint density at radius 3 is 1.89 bits per heavy atom. The Hall–Kier alpha value is -1.83. The minimum Gasteiger partial charge on any atom is -0.491 e. The van der Waals surface area contributed by atoms with Gasteiger partial charge in [0.2, 0.25) is 0 Å². The molecule has 2 aromatic carbocycles. The maximum atomic E-state index is 13.1. The first-order chi connectivity index (χ1) is 17.4. The molecule has 0 aliphatic rings. The summed E-state index contributed by atoms with van der Waals surface area (Å²) in [6.45, 7) is 6.91. The van der Waals surface area contributed by atoms with Crippen LogP contribution in [0.1, 0.15) is 48.1 Å². The standard InChI is InChI=1S/C27H31F6IO4/c1-5-24(18(4)34,21-8-9-23(17(3)13-21)38-15-22(36)14-35)20-7-6-19(16(2)12-20)10-11-25(37,26(28,29)30)27(31,32)33/h6-13,18,22,35-37H,5,14-15H2,1-4H3. The number of hydrogen-bond donors (Lipinski definition) is 3. The summed E-state index contributed by atoms with van der Waals surface area (Å²) in [4.78, 5) is 0. The van der Waals surface area contributed by atoms with Gasteiger partial charge in [0.1, 0.15) is 18.5 Å². The number of aliphatic hydroxyl groups excluding tert-OH is 2. The fourth-order valence-corrected chi connectivity index (χ4v) is 5.50. The van der Waals surface area contributed by atoms with E-state index in [0.29, 0.717) is 23.8 Å². The van der Waals surface area contributed by atoms with Gasteiger partial charge in [-0.05, 0) is 60.2 Å². The van der Waals surface area contributed by atoms with Crippen LogP contribution in [0.3, 0.4) is 0 Å². The third-order valence-electron chi connectivity index (χ3n) is 6.72. The van der Waals surface area contributed by atoms with E-state index in [1.54, 1.807) is 25.1 Å². The molecular formula is C27H31F6IO4. The molecule has 0 saturated heterocycles. The number of halogens is 7. The molecule has 0 spiro atoms. The number of ether oxygens (including phenoxy) is 1. The van der Waals surface area contributed by atoms with Crippen LogP contribution < -0.4 is 4.74 Å². The average Bonchev–Trinajstić information content (AvgIpc) is 2.81. The lowest BCUT2D eigenvalue weighted by Gasteiger charge is -2.38. The largest absolute Gasteiger partial charge is 0.491 e. The maximum Gasteiger partial charge on any atom is 0.430 e. The highest BCUT2D eigenvalue weighted by atomic mass is 127. The van der Waals surface area contributed by atoms with Crippen molar-refractivity contribution in [1.82, 2.24) is 0 Å². The van der Waals surface area contributed by atoms with Crippen LogP contribution in [0.5, 0.6) is 5.75 Å². The summed E-state index contributed by atoms with van der Waals surface area (Å²) in [7, 11) is 0. The molecule has 3 atom stereocenters. The van der Waals surface area contributed by atoms with Crippen molar-refractivity contribution in [3.8, 4) is 5.75 Å². The number of hydrogen-bond acceptors (Lipinski definition) is 4. The molecule has 0 amide bonds. The van der Waals surface area contributed by atoms with Crippen LogP contribution in [0.15, 0.2) is 42.5 Å². The first-order valence-electron chi connectivity index (χ1n) is 11.8. The quantitative estimate of drug-likeness (QED) is 0.156. The molecule has 0 bridgehead atoms. The summed E-state index contributed by atoms with van der Waals surface area (Å²) in [6.07, 6.45) is -11.9. The molecule has 11 heteroatoms. The first-order valence-corrected chi connectivity index (χ1v) is 13.0. The topological polar surface area (TPSA) is 69.9 Å². The monoisotopic (exact) mass is 660 g/mol. The van der Waals surface area contributed by atoms with E-state index >= 15 is 0 Å². The summed E-state index contributed by atoms with van der Waals surface area (Å²) in [5, 5.41) is 28.0. The lowest BCUT2D eigenvalue weighted by molar-refractivity contribution is -0.347. The molecule has 0 saturated carbocycles. The van der Waals surface area contributed by atoms with Gasteiger partial charge in [-0.1, -0.05) is 72.8 Å². The second-order valence-electron chi connectivity index (χ2n) is 9.24. The summed E-state index contributed by atoms with van der Waals surface area (Å²) >= 11 is 2.29. The summed E-state index contributed by atoms with van der Waals surface area (Å²) in [5.41, 5.74) is -2.44. The third-order valence-corrected chi connectivity index (χ3v) is 7.79. The van der Waals surface area contributed by atoms with Crippen LogP contribution in [0.4, 0.5) is 26.3 Å². The Labute approximate surface area is 231 Å². The molecule has 0 fully saturated rings. The Bertz CT molecular complexity index is 1120. The Kier molecular flexibility index (Phi) is 10.3. The normalized spacial score (nSPS) is 16.4. The number of benzene rings is 2. The molecule has 3 N–H and O–H groups in total. The van der Waals surface area contributed by atoms with Gasteiger partial charge in [0, 0.05) is 9.34 Å². The van der Waals surface area contributed by atoms with Crippen LogP contribution in [0.25, 0.3) is 6.08 Å². The van der Waals surface area contributed by atoms with Crippen molar-refractivity contribution < 1.29 is 46.4 Å². The van der Waals surface area contributed by atoms with Crippen LogP contribution in [-0.2, 0) is 5.41 Å². The highest BCUT2D eigenvalue weighted by Crippen LogP contribution is 2.46. The zero-order valence-electron chi connectivity index (χ0n) is 21.3. The zero-order valence-corrected chi connectivity index (χ0v) is 23.4. The predicted molar refractivity (Wildman–Crippen MR) is 142 cm³/mol. The fraction of sp³-hybridized carbons (Fsp3) is 0.481. The number of alkyl halides is 7. The molecule has 4 nitrogen and oxygen atoms in total. The molecule has 0 aliphatic heterocycles. The number of rotatable bonds is 10. The second-order valence-corrected chi connectivity index (χ2v) is 11.1. The summed E-state index contributed by atoms with van der Waals surface area (Å²) in [5.74, 6) is 0.533. The van der Waals surface area contributed by atoms with Crippen molar-refractivity contribution in [3.05, 3.63) is 70.3 Å². The lowest BCUT2D eigenvalue weighted by Crippen LogP contribution is -2.55. The molecule has 2 aromatic rings. The number of aryl methyl sites for hydroxylation is 2. The maximum absolute atomic E-state index is 13.1. The van der Waals surface area contributed by atoms with Gasteiger partial charge in [-0.15, -0.1) is 0 Å². The molecular weight excluding hydrogens is 629 g/mol. The Morgan fingerprint density at radius 2 is 1.47 bits per heavy atom. The molecule has 3 unspecified atom stereocenters. The van der Waals surface area contributed by atoms with Crippen molar-refractivity contribution in [2.45, 2.75) is 67.5 Å². The molecule has 2 rings (SSSR count). The van der Waals surface area contributed by atoms with Gasteiger partial charge in [0.25, 0.3) is 5.60 Å². The molecule has 0 aromatic heterocycles. The average molecular weight is 660 g/mol. The molecule has 0 radical (unpaired) electrons. The third kappa shape index (κ3) is 6.48. The lowest BCUT2D eigenvalue weighted by atomic mass is 9.69. The molecule has 38 heavy (non-hydrogen) atoms. The van der Waals surface area contributed by atoms with E-state index in [9.17, 15) is 36.6 Å². The highest BCUT2D eigenvalue weighted by molar-refractivity contribution is 14.1. The van der Waals surface area contributed by atoms with Gasteiger partial charge < -0.3 is 20.1 Å². The van der Waals surface area contributed by atoms with Gasteiger partial charge in [-0.3, -0.25) is 0 Å². The van der Waals surface area contributed by atoms with E-state index in [2.05, 4.69) is 22.6 Å². The molecule has 212 valence electrons. The van der Waals surface area contributed by atoms with E-state index in [0.717, 1.165) is 16.7 Å². The Balaban J connectivity index is 2.53. The minimum atomic E-state index is -5.94. The molecule has 0 heterocycles. The van der Waals surface area contributed by atoms with Gasteiger partial charge >= 0.3 is 12.4 Å². The zero-order chi connectivity index (χ0) is 29.1. The summed E-state index contributed by atoms with van der Waals surface area (Å²) in [6, 6.07) is 10.4. The van der Waals surface area contributed by atoms with E-state index in [-0.39, 0.29) is 22.2 Å². The van der Waals surface area contributed by atoms with Crippen LogP contribution in [-0.4, -0.2) is 56.5 Å². The highest BCUT2D eigenvalue weighted by Gasteiger charge is 2.68. The van der Waals surface area contributed by atoms with Crippen LogP contribution in [0, 0.1) is 13.8 Å². The van der Waals surface area contributed by atoms with Crippen molar-refractivity contribution in [2.75, 3.05) is 13.2 Å². The fourth-order valence-electron chi connectivity index (χ4n) is 4.34. The van der Waals surface area contributed by atoms with Gasteiger partial charge in [0.05, 0.1) is 6.61 Å².